The summed E-state index contributed by atoms with van der Waals surface area (Å²) < 4.78 is 0. The van der Waals surface area contributed by atoms with Gasteiger partial charge in [0.1, 0.15) is 5.82 Å². The number of anilines is 1. The Hall–Kier alpha value is -2.89. The maximum atomic E-state index is 12.7. The highest BCUT2D eigenvalue weighted by atomic mass is 16.2. The van der Waals surface area contributed by atoms with Crippen LogP contribution in [0.25, 0.3) is 0 Å². The number of nitrogens with two attached hydrogens (primary N) is 1. The van der Waals surface area contributed by atoms with Crippen LogP contribution < -0.4 is 5.73 Å². The van der Waals surface area contributed by atoms with E-state index < -0.39 is 0 Å². The molecule has 0 radical (unpaired) electrons. The minimum Gasteiger partial charge on any atom is -0.384 e. The van der Waals surface area contributed by atoms with E-state index in [1.54, 1.807) is 18.3 Å². The number of aryl methyl sites for hydroxylation is 1. The van der Waals surface area contributed by atoms with Crippen molar-refractivity contribution in [2.45, 2.75) is 32.1 Å². The van der Waals surface area contributed by atoms with Gasteiger partial charge in [-0.3, -0.25) is 9.59 Å². The van der Waals surface area contributed by atoms with Gasteiger partial charge in [-0.2, -0.15) is 0 Å². The van der Waals surface area contributed by atoms with E-state index >= 15 is 0 Å². The van der Waals surface area contributed by atoms with Gasteiger partial charge in [0.25, 0.3) is 5.91 Å². The van der Waals surface area contributed by atoms with Gasteiger partial charge in [0.15, 0.2) is 0 Å². The highest BCUT2D eigenvalue weighted by Gasteiger charge is 2.45. The van der Waals surface area contributed by atoms with E-state index in [9.17, 15) is 9.59 Å². The van der Waals surface area contributed by atoms with Crippen molar-refractivity contribution >= 4 is 17.6 Å². The summed E-state index contributed by atoms with van der Waals surface area (Å²) in [7, 11) is 0. The van der Waals surface area contributed by atoms with Gasteiger partial charge >= 0.3 is 0 Å². The van der Waals surface area contributed by atoms with Crippen molar-refractivity contribution < 1.29 is 9.59 Å². The molecule has 152 valence electrons. The molecule has 2 saturated heterocycles. The van der Waals surface area contributed by atoms with Crippen molar-refractivity contribution in [2.24, 2.45) is 5.41 Å². The zero-order chi connectivity index (χ0) is 20.3. The summed E-state index contributed by atoms with van der Waals surface area (Å²) in [5.41, 5.74) is 7.63. The fraction of sp³-hybridized carbons (Fsp3) is 0.435. The minimum absolute atomic E-state index is 0.00186. The Balaban J connectivity index is 1.29. The molecular weight excluding hydrogens is 364 g/mol. The van der Waals surface area contributed by atoms with Crippen molar-refractivity contribution in [3.8, 4) is 0 Å². The normalized spacial score (nSPS) is 18.4. The molecule has 0 aliphatic carbocycles. The number of nitrogens with zero attached hydrogens (tertiary/aromatic N) is 3. The molecule has 0 bridgehead atoms. The lowest BCUT2D eigenvalue weighted by Gasteiger charge is -2.38. The summed E-state index contributed by atoms with van der Waals surface area (Å²) in [6.45, 7) is 3.01. The largest absolute Gasteiger partial charge is 0.384 e. The molecule has 4 rings (SSSR count). The number of carbonyl (C=O) groups excluding carboxylic acids is 2. The van der Waals surface area contributed by atoms with Gasteiger partial charge in [-0.15, -0.1) is 0 Å². The lowest BCUT2D eigenvalue weighted by atomic mass is 9.77. The van der Waals surface area contributed by atoms with Crippen molar-refractivity contribution in [3.05, 3.63) is 59.8 Å². The van der Waals surface area contributed by atoms with Crippen LogP contribution in [0.4, 0.5) is 5.82 Å². The fourth-order valence-corrected chi connectivity index (χ4v) is 4.59. The van der Waals surface area contributed by atoms with Crippen molar-refractivity contribution in [2.75, 3.05) is 31.9 Å². The summed E-state index contributed by atoms with van der Waals surface area (Å²) in [4.78, 5) is 33.2. The van der Waals surface area contributed by atoms with Gasteiger partial charge < -0.3 is 15.5 Å². The quantitative estimate of drug-likeness (QED) is 0.849. The molecule has 1 aromatic carbocycles. The second-order valence-corrected chi connectivity index (χ2v) is 8.34. The van der Waals surface area contributed by atoms with Crippen LogP contribution in [-0.2, 0) is 11.2 Å². The lowest BCUT2D eigenvalue weighted by molar-refractivity contribution is -0.127. The molecule has 2 aliphatic rings. The van der Waals surface area contributed by atoms with Gasteiger partial charge in [-0.05, 0) is 43.4 Å². The molecule has 6 nitrogen and oxygen atoms in total. The zero-order valence-corrected chi connectivity index (χ0v) is 16.7. The maximum absolute atomic E-state index is 12.7. The van der Waals surface area contributed by atoms with Crippen molar-refractivity contribution in [1.29, 1.82) is 0 Å². The average molecular weight is 393 g/mol. The van der Waals surface area contributed by atoms with Crippen LogP contribution in [0.15, 0.2) is 48.7 Å². The van der Waals surface area contributed by atoms with Gasteiger partial charge in [-0.25, -0.2) is 4.98 Å². The highest BCUT2D eigenvalue weighted by Crippen LogP contribution is 2.41. The van der Waals surface area contributed by atoms with E-state index in [1.165, 1.54) is 5.56 Å². The van der Waals surface area contributed by atoms with Crippen LogP contribution in [0, 0.1) is 5.41 Å². The molecule has 2 aliphatic heterocycles. The number of pyridine rings is 1. The molecule has 2 amide bonds. The molecule has 2 N–H and O–H groups in total. The third-order valence-corrected chi connectivity index (χ3v) is 6.28. The predicted molar refractivity (Wildman–Crippen MR) is 112 cm³/mol. The standard InChI is InChI=1S/C23H28N4O2/c24-20-15-19(8-11-25-20)22(29)26-13-9-23(10-14-26)16-21(28)27(17-23)12-4-7-18-5-2-1-3-6-18/h1-3,5-6,8,11,15H,4,7,9-10,12-14,16-17H2,(H2,24,25). The Bertz CT molecular complexity index is 875. The van der Waals surface area contributed by atoms with E-state index in [4.69, 9.17) is 5.73 Å². The first-order valence-electron chi connectivity index (χ1n) is 10.4. The van der Waals surface area contributed by atoms with E-state index in [0.717, 1.165) is 38.8 Å². The number of carbonyl (C=O) groups is 2. The molecule has 1 spiro atoms. The van der Waals surface area contributed by atoms with Gasteiger partial charge in [0.2, 0.25) is 5.91 Å². The number of piperidine rings is 1. The second-order valence-electron chi connectivity index (χ2n) is 8.34. The van der Waals surface area contributed by atoms with Crippen LogP contribution in [0.3, 0.4) is 0 Å². The molecule has 1 aromatic heterocycles. The third-order valence-electron chi connectivity index (χ3n) is 6.28. The number of hydrogen-bond donors (Lipinski definition) is 1. The number of aromatic nitrogens is 1. The Morgan fingerprint density at radius 2 is 1.90 bits per heavy atom. The highest BCUT2D eigenvalue weighted by molar-refractivity contribution is 5.94. The SMILES string of the molecule is Nc1cc(C(=O)N2CCC3(CC2)CC(=O)N(CCCc2ccccc2)C3)ccn1. The first-order chi connectivity index (χ1) is 14.0. The molecule has 0 unspecified atom stereocenters. The summed E-state index contributed by atoms with van der Waals surface area (Å²) in [6.07, 6.45) is 5.91. The van der Waals surface area contributed by atoms with Crippen molar-refractivity contribution in [3.63, 3.8) is 0 Å². The van der Waals surface area contributed by atoms with E-state index in [0.29, 0.717) is 30.9 Å². The number of rotatable bonds is 5. The first kappa shape index (κ1) is 19.4. The van der Waals surface area contributed by atoms with Crippen LogP contribution in [-0.4, -0.2) is 52.8 Å². The Kier molecular flexibility index (Phi) is 5.51. The molecule has 2 aromatic rings. The zero-order valence-electron chi connectivity index (χ0n) is 16.7. The number of amides is 2. The number of nitrogen functional groups attached to an aromatic ring is 1. The first-order valence-corrected chi connectivity index (χ1v) is 10.4. The molecule has 6 heteroatoms. The Morgan fingerprint density at radius 3 is 2.62 bits per heavy atom. The summed E-state index contributed by atoms with van der Waals surface area (Å²) in [5.74, 6) is 0.620. The van der Waals surface area contributed by atoms with Crippen molar-refractivity contribution in [1.82, 2.24) is 14.8 Å². The summed E-state index contributed by atoms with van der Waals surface area (Å²) >= 11 is 0. The second kappa shape index (κ2) is 8.23. The molecule has 0 saturated carbocycles. The molecule has 3 heterocycles. The van der Waals surface area contributed by atoms with Gasteiger partial charge in [0, 0.05) is 49.8 Å². The number of benzene rings is 1. The number of likely N-dealkylation sites (tertiary alicyclic amines) is 2. The molecule has 0 atom stereocenters. The van der Waals surface area contributed by atoms with Gasteiger partial charge in [0.05, 0.1) is 0 Å². The summed E-state index contributed by atoms with van der Waals surface area (Å²) in [6, 6.07) is 13.7. The van der Waals surface area contributed by atoms with Crippen LogP contribution >= 0.6 is 0 Å². The van der Waals surface area contributed by atoms with E-state index in [-0.39, 0.29) is 17.2 Å². The third kappa shape index (κ3) is 4.42. The summed E-state index contributed by atoms with van der Waals surface area (Å²) in [5, 5.41) is 0. The number of hydrogen-bond acceptors (Lipinski definition) is 4. The topological polar surface area (TPSA) is 79.5 Å². The van der Waals surface area contributed by atoms with E-state index in [1.807, 2.05) is 15.9 Å². The molecular formula is C23H28N4O2. The lowest BCUT2D eigenvalue weighted by Crippen LogP contribution is -2.44. The van der Waals surface area contributed by atoms with E-state index in [2.05, 4.69) is 29.2 Å². The predicted octanol–water partition coefficient (Wildman–Crippen LogP) is 2.75. The monoisotopic (exact) mass is 392 g/mol. The van der Waals surface area contributed by atoms with Crippen LogP contribution in [0.1, 0.15) is 41.6 Å². The average Bonchev–Trinajstić information content (AvgIpc) is 3.03. The van der Waals surface area contributed by atoms with Crippen LogP contribution in [0.2, 0.25) is 0 Å². The molecule has 2 fully saturated rings. The molecule has 29 heavy (non-hydrogen) atoms. The Morgan fingerprint density at radius 1 is 1.14 bits per heavy atom. The maximum Gasteiger partial charge on any atom is 0.254 e. The Labute approximate surface area is 171 Å². The van der Waals surface area contributed by atoms with Gasteiger partial charge in [-0.1, -0.05) is 30.3 Å². The minimum atomic E-state index is -0.00186. The smallest absolute Gasteiger partial charge is 0.254 e. The fourth-order valence-electron chi connectivity index (χ4n) is 4.59. The van der Waals surface area contributed by atoms with Crippen LogP contribution in [0.5, 0.6) is 0 Å².